The van der Waals surface area contributed by atoms with Crippen molar-refractivity contribution in [3.63, 3.8) is 0 Å². The number of carbonyl (C=O) groups is 1. The summed E-state index contributed by atoms with van der Waals surface area (Å²) in [6, 6.07) is 3.01. The van der Waals surface area contributed by atoms with E-state index in [0.717, 1.165) is 23.3 Å². The summed E-state index contributed by atoms with van der Waals surface area (Å²) in [7, 11) is 0. The Morgan fingerprint density at radius 3 is 2.47 bits per heavy atom. The smallest absolute Gasteiger partial charge is 0.298 e. The van der Waals surface area contributed by atoms with Crippen molar-refractivity contribution >= 4 is 12.0 Å². The minimum atomic E-state index is -4.64. The van der Waals surface area contributed by atoms with Crippen LogP contribution in [0.4, 0.5) is 18.9 Å². The molecule has 17 heavy (non-hydrogen) atoms. The highest BCUT2D eigenvalue weighted by molar-refractivity contribution is 5.79. The third kappa shape index (κ3) is 2.68. The van der Waals surface area contributed by atoms with Gasteiger partial charge in [-0.3, -0.25) is 4.79 Å². The molecule has 0 radical (unpaired) electrons. The van der Waals surface area contributed by atoms with Gasteiger partial charge in [0.25, 0.3) is 0 Å². The van der Waals surface area contributed by atoms with E-state index in [9.17, 15) is 18.0 Å². The van der Waals surface area contributed by atoms with Crippen molar-refractivity contribution in [2.75, 3.05) is 5.01 Å². The molecule has 0 bridgehead atoms. The van der Waals surface area contributed by atoms with Gasteiger partial charge in [0, 0.05) is 11.8 Å². The highest BCUT2D eigenvalue weighted by Gasteiger charge is 2.33. The summed E-state index contributed by atoms with van der Waals surface area (Å²) < 4.78 is 37.8. The number of aldehydes is 1. The molecule has 1 aromatic rings. The van der Waals surface area contributed by atoms with E-state index in [-0.39, 0.29) is 12.0 Å². The number of hydrogen-bond acceptors (Lipinski definition) is 3. The molecule has 0 atom stereocenters. The molecular formula is C10H8F3N3O. The summed E-state index contributed by atoms with van der Waals surface area (Å²) >= 11 is 0. The molecule has 0 unspecified atom stereocenters. The van der Waals surface area contributed by atoms with Gasteiger partial charge >= 0.3 is 6.18 Å². The van der Waals surface area contributed by atoms with Gasteiger partial charge in [-0.05, 0) is 18.2 Å². The second-order valence-electron chi connectivity index (χ2n) is 3.01. The Morgan fingerprint density at radius 1 is 1.41 bits per heavy atom. The largest absolute Gasteiger partial charge is 0.417 e. The van der Waals surface area contributed by atoms with Crippen molar-refractivity contribution in [1.82, 2.24) is 0 Å². The van der Waals surface area contributed by atoms with E-state index in [1.807, 2.05) is 0 Å². The second kappa shape index (κ2) is 4.77. The molecular weight excluding hydrogens is 235 g/mol. The zero-order chi connectivity index (χ0) is 13.1. The maximum atomic E-state index is 12.6. The van der Waals surface area contributed by atoms with Crippen LogP contribution in [0.2, 0.25) is 0 Å². The van der Waals surface area contributed by atoms with Crippen molar-refractivity contribution in [3.05, 3.63) is 42.1 Å². The highest BCUT2D eigenvalue weighted by atomic mass is 19.4. The van der Waals surface area contributed by atoms with Gasteiger partial charge in [0.05, 0.1) is 11.3 Å². The minimum Gasteiger partial charge on any atom is -0.298 e. The Morgan fingerprint density at radius 2 is 2.06 bits per heavy atom. The van der Waals surface area contributed by atoms with E-state index in [2.05, 4.69) is 11.8 Å². The molecule has 90 valence electrons. The summed E-state index contributed by atoms with van der Waals surface area (Å²) in [5.74, 6) is 0. The number of benzene rings is 1. The number of hydrogen-bond donors (Lipinski definition) is 1. The van der Waals surface area contributed by atoms with Crippen LogP contribution in [0.5, 0.6) is 0 Å². The van der Waals surface area contributed by atoms with Gasteiger partial charge in [0.2, 0.25) is 0 Å². The molecule has 0 aliphatic heterocycles. The maximum Gasteiger partial charge on any atom is 0.417 e. The van der Waals surface area contributed by atoms with Gasteiger partial charge in [0.1, 0.15) is 0 Å². The molecule has 0 aliphatic carbocycles. The van der Waals surface area contributed by atoms with Gasteiger partial charge in [-0.2, -0.15) is 18.7 Å². The zero-order valence-corrected chi connectivity index (χ0v) is 8.53. The number of halogens is 3. The fourth-order valence-corrected chi connectivity index (χ4v) is 1.24. The molecule has 4 nitrogen and oxygen atoms in total. The third-order valence-electron chi connectivity index (χ3n) is 2.01. The molecule has 0 saturated carbocycles. The van der Waals surface area contributed by atoms with Crippen LogP contribution in [0.3, 0.4) is 0 Å². The van der Waals surface area contributed by atoms with Crippen molar-refractivity contribution < 1.29 is 18.0 Å². The number of nitrogens with one attached hydrogen (secondary N) is 1. The highest BCUT2D eigenvalue weighted by Crippen LogP contribution is 2.34. The summed E-state index contributed by atoms with van der Waals surface area (Å²) in [4.78, 5) is 10.5. The van der Waals surface area contributed by atoms with Gasteiger partial charge in [-0.15, -0.1) is 0 Å². The van der Waals surface area contributed by atoms with E-state index >= 15 is 0 Å². The Labute approximate surface area is 94.8 Å². The third-order valence-corrected chi connectivity index (χ3v) is 2.01. The van der Waals surface area contributed by atoms with Crippen LogP contribution < -0.4 is 5.01 Å². The van der Waals surface area contributed by atoms with Gasteiger partial charge in [-0.1, -0.05) is 11.8 Å². The van der Waals surface area contributed by atoms with E-state index < -0.39 is 17.3 Å². The lowest BCUT2D eigenvalue weighted by molar-refractivity contribution is -0.137. The number of carbonyl (C=O) groups excluding carboxylic acids is 1. The van der Waals surface area contributed by atoms with E-state index in [1.165, 1.54) is 6.07 Å². The zero-order valence-electron chi connectivity index (χ0n) is 8.53. The fourth-order valence-electron chi connectivity index (χ4n) is 1.24. The molecule has 7 heteroatoms. The number of rotatable bonds is 4. The first-order chi connectivity index (χ1) is 7.93. The molecule has 1 rings (SSSR count). The van der Waals surface area contributed by atoms with Crippen LogP contribution in [0.25, 0.3) is 0 Å². The van der Waals surface area contributed by atoms with E-state index in [4.69, 9.17) is 5.53 Å². The topological polar surface area (TPSA) is 56.5 Å². The fraction of sp³-hybridized carbons (Fsp3) is 0.100. The molecule has 0 spiro atoms. The van der Waals surface area contributed by atoms with Crippen molar-refractivity contribution in [3.8, 4) is 0 Å². The Bertz CT molecular complexity index is 449. The SMILES string of the molecule is C=CN(N=N)c1ccc(C=O)c(C(F)(F)F)c1. The van der Waals surface area contributed by atoms with Crippen LogP contribution in [-0.2, 0) is 6.18 Å². The van der Waals surface area contributed by atoms with E-state index in [0.29, 0.717) is 0 Å². The number of alkyl halides is 3. The molecule has 1 aromatic carbocycles. The number of anilines is 1. The lowest BCUT2D eigenvalue weighted by atomic mass is 10.1. The molecule has 0 amide bonds. The lowest BCUT2D eigenvalue weighted by Crippen LogP contribution is -2.12. The minimum absolute atomic E-state index is 0.00734. The van der Waals surface area contributed by atoms with Gasteiger partial charge in [0.15, 0.2) is 6.29 Å². The van der Waals surface area contributed by atoms with Crippen molar-refractivity contribution in [2.45, 2.75) is 6.18 Å². The average Bonchev–Trinajstić information content (AvgIpc) is 2.29. The predicted octanol–water partition coefficient (Wildman–Crippen LogP) is 3.41. The first kappa shape index (κ1) is 12.9. The quantitative estimate of drug-likeness (QED) is 0.500. The van der Waals surface area contributed by atoms with Crippen LogP contribution in [0.1, 0.15) is 15.9 Å². The maximum absolute atomic E-state index is 12.6. The summed E-state index contributed by atoms with van der Waals surface area (Å²) in [6.07, 6.45) is -3.42. The Hall–Kier alpha value is -2.18. The standard InChI is InChI=1S/C10H8F3N3O/c1-2-16(15-14)8-4-3-7(6-17)9(5-8)10(11,12)13/h2-6,14H,1H2. The normalized spacial score (nSPS) is 10.8. The summed E-state index contributed by atoms with van der Waals surface area (Å²) in [5.41, 5.74) is 5.23. The van der Waals surface area contributed by atoms with Crippen LogP contribution in [-0.4, -0.2) is 6.29 Å². The molecule has 0 saturated heterocycles. The van der Waals surface area contributed by atoms with Crippen LogP contribution >= 0.6 is 0 Å². The van der Waals surface area contributed by atoms with Crippen molar-refractivity contribution in [1.29, 1.82) is 5.53 Å². The first-order valence-electron chi connectivity index (χ1n) is 4.39. The summed E-state index contributed by atoms with van der Waals surface area (Å²) in [5, 5.41) is 3.82. The monoisotopic (exact) mass is 243 g/mol. The number of nitrogens with zero attached hydrogens (tertiary/aromatic N) is 2. The first-order valence-corrected chi connectivity index (χ1v) is 4.39. The second-order valence-corrected chi connectivity index (χ2v) is 3.01. The summed E-state index contributed by atoms with van der Waals surface area (Å²) in [6.45, 7) is 3.30. The molecule has 0 fully saturated rings. The van der Waals surface area contributed by atoms with Crippen LogP contribution in [0.15, 0.2) is 36.2 Å². The lowest BCUT2D eigenvalue weighted by Gasteiger charge is -2.15. The molecule has 0 aromatic heterocycles. The van der Waals surface area contributed by atoms with Gasteiger partial charge in [-0.25, -0.2) is 5.01 Å². The average molecular weight is 243 g/mol. The van der Waals surface area contributed by atoms with Crippen LogP contribution in [0, 0.1) is 5.53 Å². The Balaban J connectivity index is 3.36. The molecule has 1 N–H and O–H groups in total. The molecule has 0 heterocycles. The predicted molar refractivity (Wildman–Crippen MR) is 54.7 cm³/mol. The van der Waals surface area contributed by atoms with E-state index in [1.54, 1.807) is 0 Å². The molecule has 0 aliphatic rings. The Kier molecular flexibility index (Phi) is 3.62. The van der Waals surface area contributed by atoms with Gasteiger partial charge < -0.3 is 0 Å². The van der Waals surface area contributed by atoms with Crippen molar-refractivity contribution in [2.24, 2.45) is 5.22 Å².